The van der Waals surface area contributed by atoms with Crippen molar-refractivity contribution < 1.29 is 17.9 Å². The van der Waals surface area contributed by atoms with Crippen LogP contribution in [0, 0.1) is 20.8 Å². The zero-order valence-electron chi connectivity index (χ0n) is 15.0. The van der Waals surface area contributed by atoms with Gasteiger partial charge in [0.15, 0.2) is 0 Å². The Labute approximate surface area is 158 Å². The van der Waals surface area contributed by atoms with Gasteiger partial charge < -0.3 is 10.1 Å². The van der Waals surface area contributed by atoms with Crippen LogP contribution >= 0.6 is 11.6 Å². The number of methoxy groups -OCH3 is 1. The number of carbonyl (C=O) groups excluding carboxylic acids is 1. The van der Waals surface area contributed by atoms with Crippen LogP contribution in [0.4, 0.5) is 5.69 Å². The smallest absolute Gasteiger partial charge is 0.241 e. The van der Waals surface area contributed by atoms with Crippen molar-refractivity contribution in [2.24, 2.45) is 0 Å². The Morgan fingerprint density at radius 2 is 1.77 bits per heavy atom. The first-order valence-electron chi connectivity index (χ1n) is 7.85. The van der Waals surface area contributed by atoms with Crippen LogP contribution in [0.2, 0.25) is 5.02 Å². The summed E-state index contributed by atoms with van der Waals surface area (Å²) in [6, 6.07) is 8.06. The highest BCUT2D eigenvalue weighted by Crippen LogP contribution is 2.30. The van der Waals surface area contributed by atoms with Crippen LogP contribution in [0.5, 0.6) is 5.75 Å². The first-order valence-corrected chi connectivity index (χ1v) is 9.71. The molecule has 140 valence electrons. The van der Waals surface area contributed by atoms with Gasteiger partial charge in [-0.05, 0) is 55.7 Å². The van der Waals surface area contributed by atoms with Crippen molar-refractivity contribution in [3.63, 3.8) is 0 Å². The average Bonchev–Trinajstić information content (AvgIpc) is 2.58. The van der Waals surface area contributed by atoms with E-state index in [1.165, 1.54) is 13.2 Å². The molecule has 0 unspecified atom stereocenters. The molecule has 0 aliphatic carbocycles. The number of hydrogen-bond donors (Lipinski definition) is 2. The Balaban J connectivity index is 2.09. The van der Waals surface area contributed by atoms with Crippen molar-refractivity contribution >= 4 is 33.2 Å². The van der Waals surface area contributed by atoms with Gasteiger partial charge in [0.25, 0.3) is 0 Å². The van der Waals surface area contributed by atoms with Gasteiger partial charge in [-0.25, -0.2) is 13.1 Å². The molecule has 8 heteroatoms. The number of halogens is 1. The summed E-state index contributed by atoms with van der Waals surface area (Å²) in [4.78, 5) is 12.3. The van der Waals surface area contributed by atoms with Crippen molar-refractivity contribution in [3.8, 4) is 5.75 Å². The molecular weight excluding hydrogens is 376 g/mol. The highest BCUT2D eigenvalue weighted by Gasteiger charge is 2.17. The number of hydrogen-bond acceptors (Lipinski definition) is 4. The molecule has 0 fully saturated rings. The van der Waals surface area contributed by atoms with Crippen molar-refractivity contribution in [3.05, 3.63) is 52.0 Å². The number of sulfonamides is 1. The molecule has 0 aliphatic heterocycles. The van der Waals surface area contributed by atoms with Crippen LogP contribution in [-0.2, 0) is 14.8 Å². The van der Waals surface area contributed by atoms with Crippen molar-refractivity contribution in [2.75, 3.05) is 19.0 Å². The lowest BCUT2D eigenvalue weighted by molar-refractivity contribution is -0.115. The topological polar surface area (TPSA) is 84.5 Å². The second-order valence-electron chi connectivity index (χ2n) is 5.92. The first-order chi connectivity index (χ1) is 12.1. The predicted molar refractivity (Wildman–Crippen MR) is 102 cm³/mol. The van der Waals surface area contributed by atoms with Crippen LogP contribution in [0.1, 0.15) is 16.7 Å². The lowest BCUT2D eigenvalue weighted by Crippen LogP contribution is -2.33. The summed E-state index contributed by atoms with van der Waals surface area (Å²) < 4.78 is 32.2. The summed E-state index contributed by atoms with van der Waals surface area (Å²) in [7, 11) is -2.32. The van der Waals surface area contributed by atoms with E-state index in [1.807, 2.05) is 13.8 Å². The Morgan fingerprint density at radius 3 is 2.38 bits per heavy atom. The van der Waals surface area contributed by atoms with Gasteiger partial charge in [0, 0.05) is 11.1 Å². The van der Waals surface area contributed by atoms with Crippen LogP contribution in [0.25, 0.3) is 0 Å². The molecule has 0 heterocycles. The van der Waals surface area contributed by atoms with Gasteiger partial charge in [0.05, 0.1) is 24.2 Å². The fraction of sp³-hybridized carbons (Fsp3) is 0.278. The standard InChI is InChI=1S/C18H21ClN2O4S/c1-11-5-6-14(7-12(11)2)26(23,24)20-10-18(22)21-16-8-13(3)15(19)9-17(16)25-4/h5-9,20H,10H2,1-4H3,(H,21,22). The molecule has 0 saturated carbocycles. The predicted octanol–water partition coefficient (Wildman–Crippen LogP) is 3.19. The van der Waals surface area contributed by atoms with Crippen LogP contribution in [0.15, 0.2) is 35.2 Å². The van der Waals surface area contributed by atoms with Gasteiger partial charge in [-0.3, -0.25) is 4.79 Å². The molecule has 1 amide bonds. The molecular formula is C18H21ClN2O4S. The summed E-state index contributed by atoms with van der Waals surface area (Å²) >= 11 is 6.03. The Hall–Kier alpha value is -2.09. The molecule has 6 nitrogen and oxygen atoms in total. The van der Waals surface area contributed by atoms with Gasteiger partial charge in [0.1, 0.15) is 5.75 Å². The molecule has 26 heavy (non-hydrogen) atoms. The average molecular weight is 397 g/mol. The SMILES string of the molecule is COc1cc(Cl)c(C)cc1NC(=O)CNS(=O)(=O)c1ccc(C)c(C)c1. The number of nitrogens with one attached hydrogen (secondary N) is 2. The maximum absolute atomic E-state index is 12.3. The monoisotopic (exact) mass is 396 g/mol. The molecule has 0 aromatic heterocycles. The third-order valence-corrected chi connectivity index (χ3v) is 5.77. The fourth-order valence-corrected chi connectivity index (χ4v) is 3.47. The number of carbonyl (C=O) groups is 1. The first kappa shape index (κ1) is 20.2. The largest absolute Gasteiger partial charge is 0.495 e. The number of benzene rings is 2. The molecule has 0 radical (unpaired) electrons. The minimum atomic E-state index is -3.78. The zero-order chi connectivity index (χ0) is 19.5. The number of ether oxygens (including phenoxy) is 1. The molecule has 0 bridgehead atoms. The molecule has 2 aromatic rings. The molecule has 2 N–H and O–H groups in total. The lowest BCUT2D eigenvalue weighted by atomic mass is 10.1. The highest BCUT2D eigenvalue weighted by molar-refractivity contribution is 7.89. The van der Waals surface area contributed by atoms with Crippen molar-refractivity contribution in [2.45, 2.75) is 25.7 Å². The summed E-state index contributed by atoms with van der Waals surface area (Å²) in [5, 5.41) is 3.13. The molecule has 2 rings (SSSR count). The normalized spacial score (nSPS) is 11.3. The fourth-order valence-electron chi connectivity index (χ4n) is 2.25. The van der Waals surface area contributed by atoms with Crippen LogP contribution in [0.3, 0.4) is 0 Å². The van der Waals surface area contributed by atoms with Crippen LogP contribution < -0.4 is 14.8 Å². The van der Waals surface area contributed by atoms with E-state index in [1.54, 1.807) is 31.2 Å². The van der Waals surface area contributed by atoms with Crippen LogP contribution in [-0.4, -0.2) is 28.0 Å². The molecule has 0 aliphatic rings. The van der Waals surface area contributed by atoms with Gasteiger partial charge >= 0.3 is 0 Å². The van der Waals surface area contributed by atoms with Crippen molar-refractivity contribution in [1.82, 2.24) is 4.72 Å². The number of rotatable bonds is 6. The number of aryl methyl sites for hydroxylation is 3. The maximum atomic E-state index is 12.3. The van der Waals surface area contributed by atoms with E-state index in [2.05, 4.69) is 10.0 Å². The summed E-state index contributed by atoms with van der Waals surface area (Å²) in [5.74, 6) is -0.122. The summed E-state index contributed by atoms with van der Waals surface area (Å²) in [5.41, 5.74) is 3.04. The lowest BCUT2D eigenvalue weighted by Gasteiger charge is -2.13. The van der Waals surface area contributed by atoms with E-state index < -0.39 is 22.5 Å². The second-order valence-corrected chi connectivity index (χ2v) is 8.09. The van der Waals surface area contributed by atoms with E-state index in [4.69, 9.17) is 16.3 Å². The van der Waals surface area contributed by atoms with E-state index >= 15 is 0 Å². The number of anilines is 1. The molecule has 0 saturated heterocycles. The maximum Gasteiger partial charge on any atom is 0.241 e. The minimum absolute atomic E-state index is 0.119. The zero-order valence-corrected chi connectivity index (χ0v) is 16.6. The van der Waals surface area contributed by atoms with E-state index in [0.29, 0.717) is 16.5 Å². The third kappa shape index (κ3) is 4.75. The third-order valence-electron chi connectivity index (χ3n) is 3.97. The Morgan fingerprint density at radius 1 is 1.08 bits per heavy atom. The van der Waals surface area contributed by atoms with Gasteiger partial charge in [0.2, 0.25) is 15.9 Å². The quantitative estimate of drug-likeness (QED) is 0.785. The summed E-state index contributed by atoms with van der Waals surface area (Å²) in [6.07, 6.45) is 0. The van der Waals surface area contributed by atoms with E-state index in [0.717, 1.165) is 16.7 Å². The Kier molecular flexibility index (Phi) is 6.28. The Bertz CT molecular complexity index is 942. The minimum Gasteiger partial charge on any atom is -0.495 e. The van der Waals surface area contributed by atoms with Gasteiger partial charge in [-0.1, -0.05) is 17.7 Å². The van der Waals surface area contributed by atoms with E-state index in [-0.39, 0.29) is 4.90 Å². The molecule has 2 aromatic carbocycles. The van der Waals surface area contributed by atoms with E-state index in [9.17, 15) is 13.2 Å². The molecule has 0 atom stereocenters. The summed E-state index contributed by atoms with van der Waals surface area (Å²) in [6.45, 7) is 5.12. The van der Waals surface area contributed by atoms with Gasteiger partial charge in [-0.15, -0.1) is 0 Å². The van der Waals surface area contributed by atoms with Gasteiger partial charge in [-0.2, -0.15) is 0 Å². The van der Waals surface area contributed by atoms with Crippen molar-refractivity contribution in [1.29, 1.82) is 0 Å². The number of amides is 1. The molecule has 0 spiro atoms. The highest BCUT2D eigenvalue weighted by atomic mass is 35.5. The second kappa shape index (κ2) is 8.07.